The van der Waals surface area contributed by atoms with Crippen molar-refractivity contribution in [2.24, 2.45) is 5.41 Å². The number of carbonyl (C=O) groups excluding carboxylic acids is 1. The molecule has 1 aliphatic rings. The zero-order valence-corrected chi connectivity index (χ0v) is 11.0. The van der Waals surface area contributed by atoms with Gasteiger partial charge in [0, 0.05) is 13.6 Å². The molecule has 1 amide bonds. The Kier molecular flexibility index (Phi) is 3.84. The summed E-state index contributed by atoms with van der Waals surface area (Å²) in [7, 11) is 1.67. The predicted octanol–water partition coefficient (Wildman–Crippen LogP) is 2.87. The summed E-state index contributed by atoms with van der Waals surface area (Å²) in [6.45, 7) is 0.333. The quantitative estimate of drug-likeness (QED) is 0.838. The van der Waals surface area contributed by atoms with Gasteiger partial charge in [-0.3, -0.25) is 4.79 Å². The molecule has 0 saturated heterocycles. The third kappa shape index (κ3) is 2.76. The van der Waals surface area contributed by atoms with Crippen LogP contribution in [0, 0.1) is 22.6 Å². The zero-order chi connectivity index (χ0) is 13.9. The molecule has 19 heavy (non-hydrogen) atoms. The molecule has 100 valence electrons. The van der Waals surface area contributed by atoms with Crippen LogP contribution >= 0.6 is 0 Å². The summed E-state index contributed by atoms with van der Waals surface area (Å²) < 4.78 is 13.1. The molecule has 1 aromatic carbocycles. The first kappa shape index (κ1) is 13.5. The monoisotopic (exact) mass is 260 g/mol. The summed E-state index contributed by atoms with van der Waals surface area (Å²) >= 11 is 0. The van der Waals surface area contributed by atoms with Crippen molar-refractivity contribution in [3.8, 4) is 6.07 Å². The van der Waals surface area contributed by atoms with E-state index < -0.39 is 5.41 Å². The smallest absolute Gasteiger partial charge is 0.243 e. The first-order chi connectivity index (χ1) is 9.07. The average Bonchev–Trinajstić information content (AvgIpc) is 2.87. The van der Waals surface area contributed by atoms with Crippen molar-refractivity contribution in [1.29, 1.82) is 5.26 Å². The fraction of sp³-hybridized carbons (Fsp3) is 0.467. The van der Waals surface area contributed by atoms with Crippen molar-refractivity contribution in [1.82, 2.24) is 4.90 Å². The fourth-order valence-corrected chi connectivity index (χ4v) is 2.70. The van der Waals surface area contributed by atoms with Crippen molar-refractivity contribution in [3.05, 3.63) is 35.6 Å². The van der Waals surface area contributed by atoms with E-state index in [0.717, 1.165) is 18.4 Å². The van der Waals surface area contributed by atoms with Crippen LogP contribution in [0.3, 0.4) is 0 Å². The topological polar surface area (TPSA) is 44.1 Å². The maximum Gasteiger partial charge on any atom is 0.243 e. The third-order valence-electron chi connectivity index (χ3n) is 3.74. The Hall–Kier alpha value is -1.89. The Morgan fingerprint density at radius 1 is 1.47 bits per heavy atom. The largest absolute Gasteiger partial charge is 0.340 e. The number of amides is 1. The van der Waals surface area contributed by atoms with E-state index in [1.165, 1.54) is 17.0 Å². The van der Waals surface area contributed by atoms with Crippen LogP contribution in [0.1, 0.15) is 31.2 Å². The molecule has 0 heterocycles. The standard InChI is InChI=1S/C15H17FN2O/c1-18(10-12-5-4-6-13(16)9-12)14(19)15(11-17)7-2-3-8-15/h4-6,9H,2-3,7-8,10H2,1H3. The highest BCUT2D eigenvalue weighted by Gasteiger charge is 2.43. The number of hydrogen-bond acceptors (Lipinski definition) is 2. The van der Waals surface area contributed by atoms with E-state index in [9.17, 15) is 14.4 Å². The molecule has 0 N–H and O–H groups in total. The van der Waals surface area contributed by atoms with Crippen molar-refractivity contribution < 1.29 is 9.18 Å². The van der Waals surface area contributed by atoms with Crippen molar-refractivity contribution in [2.45, 2.75) is 32.2 Å². The van der Waals surface area contributed by atoms with E-state index in [1.54, 1.807) is 19.2 Å². The van der Waals surface area contributed by atoms with Crippen LogP contribution in [0.25, 0.3) is 0 Å². The Bertz CT molecular complexity index is 515. The molecular weight excluding hydrogens is 243 g/mol. The second-order valence-corrected chi connectivity index (χ2v) is 5.19. The fourth-order valence-electron chi connectivity index (χ4n) is 2.70. The van der Waals surface area contributed by atoms with Crippen LogP contribution in [0.4, 0.5) is 4.39 Å². The van der Waals surface area contributed by atoms with Gasteiger partial charge in [0.2, 0.25) is 5.91 Å². The lowest BCUT2D eigenvalue weighted by atomic mass is 9.86. The van der Waals surface area contributed by atoms with Crippen LogP contribution in [0.15, 0.2) is 24.3 Å². The van der Waals surface area contributed by atoms with E-state index in [-0.39, 0.29) is 11.7 Å². The van der Waals surface area contributed by atoms with E-state index in [1.807, 2.05) is 0 Å². The van der Waals surface area contributed by atoms with Gasteiger partial charge in [0.25, 0.3) is 0 Å². The SMILES string of the molecule is CN(Cc1cccc(F)c1)C(=O)C1(C#N)CCCC1. The van der Waals surface area contributed by atoms with Crippen LogP contribution in [-0.2, 0) is 11.3 Å². The van der Waals surface area contributed by atoms with E-state index in [2.05, 4.69) is 6.07 Å². The number of benzene rings is 1. The Labute approximate surface area is 112 Å². The Morgan fingerprint density at radius 2 is 2.16 bits per heavy atom. The van der Waals surface area contributed by atoms with Gasteiger partial charge in [-0.25, -0.2) is 4.39 Å². The van der Waals surface area contributed by atoms with Crippen LogP contribution < -0.4 is 0 Å². The van der Waals surface area contributed by atoms with Gasteiger partial charge in [0.05, 0.1) is 6.07 Å². The van der Waals surface area contributed by atoms with Gasteiger partial charge >= 0.3 is 0 Å². The molecular formula is C15H17FN2O. The Morgan fingerprint density at radius 3 is 2.74 bits per heavy atom. The highest BCUT2D eigenvalue weighted by Crippen LogP contribution is 2.39. The summed E-state index contributed by atoms with van der Waals surface area (Å²) in [5.41, 5.74) is -0.121. The molecule has 4 heteroatoms. The van der Waals surface area contributed by atoms with Crippen molar-refractivity contribution >= 4 is 5.91 Å². The molecule has 0 atom stereocenters. The first-order valence-electron chi connectivity index (χ1n) is 6.49. The maximum absolute atomic E-state index is 13.1. The number of rotatable bonds is 3. The molecule has 0 bridgehead atoms. The number of carbonyl (C=O) groups is 1. The molecule has 0 aromatic heterocycles. The van der Waals surface area contributed by atoms with Crippen LogP contribution in [-0.4, -0.2) is 17.9 Å². The van der Waals surface area contributed by atoms with Crippen molar-refractivity contribution in [3.63, 3.8) is 0 Å². The number of hydrogen-bond donors (Lipinski definition) is 0. The maximum atomic E-state index is 13.1. The predicted molar refractivity (Wildman–Crippen MR) is 69.4 cm³/mol. The molecule has 1 aliphatic carbocycles. The van der Waals surface area contributed by atoms with Gasteiger partial charge in [-0.05, 0) is 30.5 Å². The molecule has 1 fully saturated rings. The molecule has 0 radical (unpaired) electrons. The Balaban J connectivity index is 2.10. The highest BCUT2D eigenvalue weighted by atomic mass is 19.1. The summed E-state index contributed by atoms with van der Waals surface area (Å²) in [5, 5.41) is 9.29. The van der Waals surface area contributed by atoms with E-state index in [4.69, 9.17) is 0 Å². The molecule has 3 nitrogen and oxygen atoms in total. The zero-order valence-electron chi connectivity index (χ0n) is 11.0. The molecule has 0 aliphatic heterocycles. The minimum absolute atomic E-state index is 0.142. The second kappa shape index (κ2) is 5.40. The lowest BCUT2D eigenvalue weighted by Gasteiger charge is -2.26. The normalized spacial score (nSPS) is 16.9. The second-order valence-electron chi connectivity index (χ2n) is 5.19. The average molecular weight is 260 g/mol. The van der Waals surface area contributed by atoms with Crippen molar-refractivity contribution in [2.75, 3.05) is 7.05 Å². The number of nitriles is 1. The molecule has 0 unspecified atom stereocenters. The molecule has 2 rings (SSSR count). The lowest BCUT2D eigenvalue weighted by molar-refractivity contribution is -0.138. The molecule has 1 aromatic rings. The summed E-state index contributed by atoms with van der Waals surface area (Å²) in [6.07, 6.45) is 3.12. The van der Waals surface area contributed by atoms with Gasteiger partial charge in [-0.2, -0.15) is 5.26 Å². The third-order valence-corrected chi connectivity index (χ3v) is 3.74. The minimum atomic E-state index is -0.859. The van der Waals surface area contributed by atoms with Gasteiger partial charge in [-0.1, -0.05) is 25.0 Å². The summed E-state index contributed by atoms with van der Waals surface area (Å²) in [6, 6.07) is 8.38. The van der Waals surface area contributed by atoms with E-state index in [0.29, 0.717) is 19.4 Å². The minimum Gasteiger partial charge on any atom is -0.340 e. The van der Waals surface area contributed by atoms with Gasteiger partial charge in [0.1, 0.15) is 11.2 Å². The summed E-state index contributed by atoms with van der Waals surface area (Å²) in [4.78, 5) is 13.9. The highest BCUT2D eigenvalue weighted by molar-refractivity contribution is 5.85. The van der Waals surface area contributed by atoms with Gasteiger partial charge in [0.15, 0.2) is 0 Å². The lowest BCUT2D eigenvalue weighted by Crippen LogP contribution is -2.39. The van der Waals surface area contributed by atoms with Gasteiger partial charge in [-0.15, -0.1) is 0 Å². The number of nitrogens with zero attached hydrogens (tertiary/aromatic N) is 2. The van der Waals surface area contributed by atoms with Gasteiger partial charge < -0.3 is 4.90 Å². The molecule has 1 saturated carbocycles. The van der Waals surface area contributed by atoms with Crippen LogP contribution in [0.5, 0.6) is 0 Å². The first-order valence-corrected chi connectivity index (χ1v) is 6.49. The van der Waals surface area contributed by atoms with E-state index >= 15 is 0 Å². The number of halogens is 1. The van der Waals surface area contributed by atoms with Crippen LogP contribution in [0.2, 0.25) is 0 Å². The molecule has 0 spiro atoms. The summed E-state index contributed by atoms with van der Waals surface area (Å²) in [5.74, 6) is -0.453.